The van der Waals surface area contributed by atoms with Gasteiger partial charge in [-0.05, 0) is 56.5 Å². The maximum Gasteiger partial charge on any atom is 0.124 e. The molecule has 1 aliphatic heterocycles. The van der Waals surface area contributed by atoms with E-state index in [-0.39, 0.29) is 12.4 Å². The molecule has 1 saturated heterocycles. The van der Waals surface area contributed by atoms with Crippen molar-refractivity contribution in [3.8, 4) is 11.8 Å². The molecule has 4 heteroatoms. The Labute approximate surface area is 125 Å². The topological polar surface area (TPSA) is 49.5 Å². The Morgan fingerprint density at radius 3 is 2.90 bits per heavy atom. The number of hydrogen-bond acceptors (Lipinski definition) is 3. The molecule has 1 heterocycles. The average molecular weight is 290 g/mol. The summed E-state index contributed by atoms with van der Waals surface area (Å²) in [5, 5.41) is 10.1. The van der Waals surface area contributed by atoms with Crippen LogP contribution in [0.2, 0.25) is 0 Å². The van der Waals surface area contributed by atoms with Crippen molar-refractivity contribution in [3.05, 3.63) is 35.1 Å². The molecule has 1 aromatic rings. The van der Waals surface area contributed by atoms with Crippen molar-refractivity contribution < 1.29 is 9.50 Å². The molecule has 1 fully saturated rings. The van der Waals surface area contributed by atoms with Crippen LogP contribution in [0.4, 0.5) is 4.39 Å². The summed E-state index contributed by atoms with van der Waals surface area (Å²) < 4.78 is 13.7. The Balaban J connectivity index is 2.07. The third kappa shape index (κ3) is 5.13. The van der Waals surface area contributed by atoms with Crippen LogP contribution in [0.3, 0.4) is 0 Å². The molecule has 0 radical (unpaired) electrons. The summed E-state index contributed by atoms with van der Waals surface area (Å²) in [5.74, 6) is 5.35. The van der Waals surface area contributed by atoms with Gasteiger partial charge in [0.05, 0.1) is 12.1 Å². The van der Waals surface area contributed by atoms with E-state index >= 15 is 0 Å². The third-order valence-electron chi connectivity index (χ3n) is 3.85. The molecule has 3 nitrogen and oxygen atoms in total. The molecule has 0 aliphatic carbocycles. The number of nitrogens with zero attached hydrogens (tertiary/aromatic N) is 1. The van der Waals surface area contributed by atoms with Gasteiger partial charge in [0.2, 0.25) is 0 Å². The van der Waals surface area contributed by atoms with E-state index in [9.17, 15) is 9.50 Å². The number of aliphatic hydroxyl groups is 1. The number of hydrogen-bond donors (Lipinski definition) is 2. The highest BCUT2D eigenvalue weighted by atomic mass is 19.1. The number of likely N-dealkylation sites (tertiary alicyclic amines) is 1. The predicted octanol–water partition coefficient (Wildman–Crippen LogP) is 1.87. The van der Waals surface area contributed by atoms with Crippen LogP contribution >= 0.6 is 0 Å². The minimum atomic E-state index is -0.575. The molecule has 0 spiro atoms. The lowest BCUT2D eigenvalue weighted by Gasteiger charge is -2.22. The van der Waals surface area contributed by atoms with E-state index in [1.165, 1.54) is 6.07 Å². The molecule has 0 bridgehead atoms. The van der Waals surface area contributed by atoms with E-state index in [2.05, 4.69) is 16.7 Å². The van der Waals surface area contributed by atoms with E-state index in [4.69, 9.17) is 5.73 Å². The number of benzene rings is 1. The Hall–Kier alpha value is -1.41. The van der Waals surface area contributed by atoms with Crippen molar-refractivity contribution in [2.75, 3.05) is 19.6 Å². The normalized spacial score (nSPS) is 23.2. The van der Waals surface area contributed by atoms with Gasteiger partial charge in [-0.15, -0.1) is 0 Å². The quantitative estimate of drug-likeness (QED) is 0.818. The summed E-state index contributed by atoms with van der Waals surface area (Å²) in [4.78, 5) is 2.26. The first-order chi connectivity index (χ1) is 9.98. The van der Waals surface area contributed by atoms with Crippen molar-refractivity contribution >= 4 is 0 Å². The van der Waals surface area contributed by atoms with Gasteiger partial charge in [0.1, 0.15) is 5.82 Å². The maximum atomic E-state index is 13.7. The second-order valence-electron chi connectivity index (χ2n) is 5.98. The lowest BCUT2D eigenvalue weighted by Crippen LogP contribution is -2.28. The highest BCUT2D eigenvalue weighted by molar-refractivity contribution is 5.38. The van der Waals surface area contributed by atoms with Gasteiger partial charge >= 0.3 is 0 Å². The first-order valence-electron chi connectivity index (χ1n) is 7.42. The summed E-state index contributed by atoms with van der Waals surface area (Å²) in [6, 6.07) is 4.89. The van der Waals surface area contributed by atoms with Gasteiger partial charge in [0.15, 0.2) is 0 Å². The molecule has 3 N–H and O–H groups in total. The van der Waals surface area contributed by atoms with Gasteiger partial charge in [0.25, 0.3) is 0 Å². The smallest absolute Gasteiger partial charge is 0.124 e. The minimum Gasteiger partial charge on any atom is -0.390 e. The summed E-state index contributed by atoms with van der Waals surface area (Å²) in [6.07, 6.45) is 2.53. The second kappa shape index (κ2) is 7.04. The van der Waals surface area contributed by atoms with Crippen LogP contribution in [0.1, 0.15) is 37.3 Å². The first kappa shape index (κ1) is 16.0. The fraction of sp³-hybridized carbons (Fsp3) is 0.529. The lowest BCUT2D eigenvalue weighted by atomic mass is 9.98. The molecule has 21 heavy (non-hydrogen) atoms. The average Bonchev–Trinajstić information content (AvgIpc) is 2.57. The summed E-state index contributed by atoms with van der Waals surface area (Å²) in [5.41, 5.74) is 6.35. The monoisotopic (exact) mass is 290 g/mol. The molecular weight excluding hydrogens is 267 g/mol. The minimum absolute atomic E-state index is 0.268. The van der Waals surface area contributed by atoms with Crippen molar-refractivity contribution in [1.82, 2.24) is 4.90 Å². The zero-order chi connectivity index (χ0) is 15.3. The number of nitrogens with two attached hydrogens (primary N) is 1. The van der Waals surface area contributed by atoms with E-state index in [0.717, 1.165) is 37.9 Å². The van der Waals surface area contributed by atoms with Crippen LogP contribution in [-0.2, 0) is 6.54 Å². The Morgan fingerprint density at radius 1 is 1.33 bits per heavy atom. The highest BCUT2D eigenvalue weighted by Crippen LogP contribution is 2.22. The van der Waals surface area contributed by atoms with E-state index in [1.807, 2.05) is 13.0 Å². The molecule has 0 amide bonds. The van der Waals surface area contributed by atoms with E-state index < -0.39 is 5.60 Å². The SMILES string of the molecule is CC1(O)CCCN(Cc2cc(F)cc(C#CCN)c2)CC1. The van der Waals surface area contributed by atoms with Crippen LogP contribution in [0, 0.1) is 17.7 Å². The van der Waals surface area contributed by atoms with E-state index in [1.54, 1.807) is 6.07 Å². The van der Waals surface area contributed by atoms with Crippen molar-refractivity contribution in [2.24, 2.45) is 5.73 Å². The Morgan fingerprint density at radius 2 is 2.14 bits per heavy atom. The Kier molecular flexibility index (Phi) is 5.35. The standard InChI is InChI=1S/C17H23FN2O/c1-17(21)5-3-8-20(9-6-17)13-15-10-14(4-2-7-19)11-16(18)12-15/h10-12,21H,3,5-9,13,19H2,1H3. The van der Waals surface area contributed by atoms with Gasteiger partial charge in [-0.25, -0.2) is 4.39 Å². The zero-order valence-electron chi connectivity index (χ0n) is 12.5. The van der Waals surface area contributed by atoms with Crippen molar-refractivity contribution in [1.29, 1.82) is 0 Å². The fourth-order valence-electron chi connectivity index (χ4n) is 2.70. The largest absolute Gasteiger partial charge is 0.390 e. The molecule has 1 atom stereocenters. The molecule has 2 rings (SSSR count). The predicted molar refractivity (Wildman–Crippen MR) is 82.1 cm³/mol. The second-order valence-corrected chi connectivity index (χ2v) is 5.98. The van der Waals surface area contributed by atoms with Gasteiger partial charge in [-0.2, -0.15) is 0 Å². The number of halogens is 1. The first-order valence-corrected chi connectivity index (χ1v) is 7.42. The fourth-order valence-corrected chi connectivity index (χ4v) is 2.70. The molecule has 1 aromatic carbocycles. The molecule has 0 saturated carbocycles. The zero-order valence-corrected chi connectivity index (χ0v) is 12.5. The molecule has 1 unspecified atom stereocenters. The van der Waals surface area contributed by atoms with Crippen LogP contribution in [-0.4, -0.2) is 35.2 Å². The van der Waals surface area contributed by atoms with Crippen molar-refractivity contribution in [3.63, 3.8) is 0 Å². The van der Waals surface area contributed by atoms with Gasteiger partial charge < -0.3 is 10.8 Å². The van der Waals surface area contributed by atoms with Crippen LogP contribution in [0.5, 0.6) is 0 Å². The third-order valence-corrected chi connectivity index (χ3v) is 3.85. The number of rotatable bonds is 2. The van der Waals surface area contributed by atoms with Gasteiger partial charge in [-0.3, -0.25) is 4.90 Å². The highest BCUT2D eigenvalue weighted by Gasteiger charge is 2.24. The molecular formula is C17H23FN2O. The van der Waals surface area contributed by atoms with Gasteiger partial charge in [0, 0.05) is 18.7 Å². The Bertz CT molecular complexity index is 545. The van der Waals surface area contributed by atoms with Gasteiger partial charge in [-0.1, -0.05) is 11.8 Å². The van der Waals surface area contributed by atoms with Crippen LogP contribution < -0.4 is 5.73 Å². The van der Waals surface area contributed by atoms with Crippen LogP contribution in [0.25, 0.3) is 0 Å². The molecule has 1 aliphatic rings. The molecule has 0 aromatic heterocycles. The lowest BCUT2D eigenvalue weighted by molar-refractivity contribution is 0.0444. The van der Waals surface area contributed by atoms with E-state index in [0.29, 0.717) is 12.1 Å². The maximum absolute atomic E-state index is 13.7. The van der Waals surface area contributed by atoms with Crippen LogP contribution in [0.15, 0.2) is 18.2 Å². The summed E-state index contributed by atoms with van der Waals surface area (Å²) in [7, 11) is 0. The summed E-state index contributed by atoms with van der Waals surface area (Å²) >= 11 is 0. The molecule has 114 valence electrons. The van der Waals surface area contributed by atoms with Crippen molar-refractivity contribution in [2.45, 2.75) is 38.3 Å². The summed E-state index contributed by atoms with van der Waals surface area (Å²) in [6.45, 7) is 4.60.